The van der Waals surface area contributed by atoms with Gasteiger partial charge in [0, 0.05) is 0 Å². The third-order valence-electron chi connectivity index (χ3n) is 14.8. The van der Waals surface area contributed by atoms with Crippen LogP contribution in [0.2, 0.25) is 29.6 Å². The first-order valence-electron chi connectivity index (χ1n) is 27.9. The summed E-state index contributed by atoms with van der Waals surface area (Å²) in [4.78, 5) is 22.1. The Hall–Kier alpha value is 0.0574. The maximum atomic E-state index is 2.72. The van der Waals surface area contributed by atoms with Crippen LogP contribution in [0.5, 0.6) is 0 Å². The number of hydrogen-bond acceptors (Lipinski definition) is 6. The first kappa shape index (κ1) is 55.8. The molecule has 0 N–H and O–H groups in total. The van der Waals surface area contributed by atoms with Crippen LogP contribution in [-0.2, 0) is 12.8 Å². The Morgan fingerprint density at radius 1 is 0.353 bits per heavy atom. The van der Waals surface area contributed by atoms with Crippen molar-refractivity contribution in [2.24, 2.45) is 11.8 Å². The molecule has 8 heteroatoms. The van der Waals surface area contributed by atoms with E-state index in [4.69, 9.17) is 0 Å². The van der Waals surface area contributed by atoms with Crippen LogP contribution in [0, 0.1) is 11.8 Å². The van der Waals surface area contributed by atoms with E-state index < -0.39 is 36.8 Å². The average molecular weight is 1240 g/mol. The van der Waals surface area contributed by atoms with Gasteiger partial charge < -0.3 is 0 Å². The third kappa shape index (κ3) is 15.1. The van der Waals surface area contributed by atoms with Crippen LogP contribution in [0.25, 0.3) is 59.9 Å². The van der Waals surface area contributed by atoms with Crippen LogP contribution in [0.4, 0.5) is 0 Å². The van der Waals surface area contributed by atoms with Crippen LogP contribution in [-0.4, -0.2) is 36.8 Å². The summed E-state index contributed by atoms with van der Waals surface area (Å²) in [5.41, 5.74) is 3.12. The standard InChI is InChI=1S/C54H72S6.6CH3.2Sn/c1-5-9-13-17-19-23-27-39(25-21-15-11-7-3)33-41-35-45-47(57-41)37-49(59-45)51-43-29-31-56-54(43)52(44-30-32-55-53(44)51)50-38-48-46(60-50)36-42(58-48)34-40(26-22-16-12-8-4)28-24-20-18-14-10-6-2;;;;;;;;/h29-30,35-40H,5-28,33-34H2,1-4H3;6*1H3;;. The summed E-state index contributed by atoms with van der Waals surface area (Å²) >= 11 is 7.99. The van der Waals surface area contributed by atoms with Crippen LogP contribution >= 0.6 is 68.0 Å². The average Bonchev–Trinajstić information content (AvgIpc) is 4.15. The van der Waals surface area contributed by atoms with Gasteiger partial charge >= 0.3 is 297 Å². The number of rotatable bonds is 32. The second kappa shape index (κ2) is 27.0. The van der Waals surface area contributed by atoms with Gasteiger partial charge in [-0.2, -0.15) is 0 Å². The van der Waals surface area contributed by atoms with Crippen molar-refractivity contribution >= 4 is 150 Å². The predicted octanol–water partition coefficient (Wildman–Crippen LogP) is 22.9. The van der Waals surface area contributed by atoms with Crippen molar-refractivity contribution in [3.8, 4) is 20.9 Å². The van der Waals surface area contributed by atoms with Crippen molar-refractivity contribution in [1.29, 1.82) is 0 Å². The molecule has 7 rings (SSSR count). The molecule has 0 aliphatic rings. The van der Waals surface area contributed by atoms with Crippen molar-refractivity contribution < 1.29 is 0 Å². The Morgan fingerprint density at radius 2 is 0.662 bits per heavy atom. The molecule has 0 fully saturated rings. The molecular weight excluding hydrogens is 1150 g/mol. The van der Waals surface area contributed by atoms with E-state index in [1.807, 2.05) is 0 Å². The summed E-state index contributed by atoms with van der Waals surface area (Å²) < 4.78 is 12.7. The molecule has 0 saturated carbocycles. The molecule has 1 aromatic carbocycles. The molecule has 0 spiro atoms. The van der Waals surface area contributed by atoms with Crippen LogP contribution in [0.1, 0.15) is 192 Å². The SMILES string of the molecule is CCCCCCCCC(CCCCCC)Cc1cc2sc(-c3c4c[c]([Sn]([CH3])([CH3])[CH3])sc4c(-c4cc5sc(CC(CCCCCC)CCCCCCCC)cc5s4)c4c[c]([Sn]([CH3])([CH3])[CH3])sc34)cc2s1. The molecule has 374 valence electrons. The van der Waals surface area contributed by atoms with Gasteiger partial charge in [0.05, 0.1) is 0 Å². The van der Waals surface area contributed by atoms with Crippen LogP contribution < -0.4 is 5.79 Å². The van der Waals surface area contributed by atoms with Crippen molar-refractivity contribution in [3.05, 3.63) is 46.2 Å². The molecule has 0 bridgehead atoms. The zero-order valence-electron chi connectivity index (χ0n) is 44.5. The quantitative estimate of drug-likeness (QED) is 0.0291. The van der Waals surface area contributed by atoms with Gasteiger partial charge in [0.15, 0.2) is 0 Å². The van der Waals surface area contributed by atoms with Crippen molar-refractivity contribution in [3.63, 3.8) is 0 Å². The van der Waals surface area contributed by atoms with E-state index >= 15 is 0 Å². The Morgan fingerprint density at radius 3 is 0.985 bits per heavy atom. The van der Waals surface area contributed by atoms with E-state index in [1.54, 1.807) is 46.8 Å². The number of thiophene rings is 6. The zero-order valence-corrected chi connectivity index (χ0v) is 55.1. The Kier molecular flexibility index (Phi) is 22.2. The van der Waals surface area contributed by atoms with Crippen LogP contribution in [0.3, 0.4) is 0 Å². The molecule has 68 heavy (non-hydrogen) atoms. The molecule has 0 radical (unpaired) electrons. The fourth-order valence-corrected chi connectivity index (χ4v) is 28.8. The minimum absolute atomic E-state index is 0.837. The van der Waals surface area contributed by atoms with E-state index in [9.17, 15) is 0 Å². The summed E-state index contributed by atoms with van der Waals surface area (Å²) in [7, 11) is 0. The topological polar surface area (TPSA) is 0 Å². The van der Waals surface area contributed by atoms with Gasteiger partial charge in [-0.05, 0) is 0 Å². The Bertz CT molecular complexity index is 2290. The van der Waals surface area contributed by atoms with Crippen molar-refractivity contribution in [1.82, 2.24) is 0 Å². The summed E-state index contributed by atoms with van der Waals surface area (Å²) in [6.07, 6.45) is 36.2. The molecular formula is C60H90S6Sn2. The molecule has 0 aliphatic carbocycles. The number of fused-ring (bicyclic) bond motifs is 4. The monoisotopic (exact) mass is 1240 g/mol. The first-order chi connectivity index (χ1) is 32.8. The molecule has 2 unspecified atom stereocenters. The summed E-state index contributed by atoms with van der Waals surface area (Å²) in [6, 6.07) is 16.0. The molecule has 0 aliphatic heterocycles. The normalized spacial score (nSPS) is 13.7. The summed E-state index contributed by atoms with van der Waals surface area (Å²) in [5.74, 6) is 1.67. The Labute approximate surface area is 447 Å². The second-order valence-electron chi connectivity index (χ2n) is 23.0. The molecule has 6 aromatic heterocycles. The zero-order chi connectivity index (χ0) is 48.3. The van der Waals surface area contributed by atoms with E-state index in [0.717, 1.165) is 11.8 Å². The molecule has 2 atom stereocenters. The number of benzene rings is 1. The van der Waals surface area contributed by atoms with Crippen molar-refractivity contribution in [2.45, 2.75) is 224 Å². The second-order valence-corrected chi connectivity index (χ2v) is 60.5. The Balaban J connectivity index is 1.21. The first-order valence-corrected chi connectivity index (χ1v) is 52.8. The predicted molar refractivity (Wildman–Crippen MR) is 328 cm³/mol. The number of unbranched alkanes of at least 4 members (excludes halogenated alkanes) is 16. The van der Waals surface area contributed by atoms with E-state index in [-0.39, 0.29) is 0 Å². The van der Waals surface area contributed by atoms with Gasteiger partial charge in [-0.15, -0.1) is 0 Å². The molecule has 7 aromatic rings. The minimum atomic E-state index is -2.42. The van der Waals surface area contributed by atoms with Gasteiger partial charge in [-0.1, -0.05) is 156 Å². The summed E-state index contributed by atoms with van der Waals surface area (Å²) in [6.45, 7) is 9.37. The fourth-order valence-electron chi connectivity index (χ4n) is 10.6. The molecule has 0 saturated heterocycles. The number of hydrogen-bond donors (Lipinski definition) is 0. The molecule has 0 amide bonds. The van der Waals surface area contributed by atoms with Crippen molar-refractivity contribution in [2.75, 3.05) is 0 Å². The van der Waals surface area contributed by atoms with E-state index in [1.165, 1.54) is 195 Å². The maximum absolute atomic E-state index is 2.72. The molecule has 6 heterocycles. The summed E-state index contributed by atoms with van der Waals surface area (Å²) in [5, 5.41) is 3.10. The molecule has 0 nitrogen and oxygen atoms in total. The fraction of sp³-hybridized carbons (Fsp3) is 0.633. The van der Waals surface area contributed by atoms with Gasteiger partial charge in [-0.3, -0.25) is 0 Å². The van der Waals surface area contributed by atoms with Crippen LogP contribution in [0.15, 0.2) is 36.4 Å². The van der Waals surface area contributed by atoms with Gasteiger partial charge in [0.2, 0.25) is 0 Å². The van der Waals surface area contributed by atoms with Gasteiger partial charge in [0.1, 0.15) is 0 Å². The van der Waals surface area contributed by atoms with E-state index in [0.29, 0.717) is 0 Å². The van der Waals surface area contributed by atoms with Gasteiger partial charge in [0.25, 0.3) is 0 Å². The third-order valence-corrected chi connectivity index (χ3v) is 40.6. The van der Waals surface area contributed by atoms with E-state index in [2.05, 4.69) is 162 Å². The van der Waals surface area contributed by atoms with Gasteiger partial charge in [-0.25, -0.2) is 0 Å².